The number of hydrogen-bond acceptors (Lipinski definition) is 4. The second kappa shape index (κ2) is 9.09. The molecule has 1 N–H and O–H groups in total. The molecular weight excluding hydrogens is 258 g/mol. The Morgan fingerprint density at radius 1 is 1.40 bits per heavy atom. The summed E-state index contributed by atoms with van der Waals surface area (Å²) in [6, 6.07) is 9.57. The molecule has 5 heteroatoms. The van der Waals surface area contributed by atoms with Crippen LogP contribution in [0.4, 0.5) is 4.79 Å². The molecule has 5 nitrogen and oxygen atoms in total. The van der Waals surface area contributed by atoms with Gasteiger partial charge in [-0.05, 0) is 18.4 Å². The standard InChI is InChI=1S/C14H17NO3.CH4O/c16-10-13-7-4-8-15(9-13)14(17)18-11-12-5-2-1-3-6-12;1-2/h1-3,5-6,10,13H,4,7-9,11H2;2H,1H3. The molecule has 110 valence electrons. The fraction of sp³-hybridized carbons (Fsp3) is 0.467. The van der Waals surface area contributed by atoms with Crippen LogP contribution in [0.25, 0.3) is 0 Å². The summed E-state index contributed by atoms with van der Waals surface area (Å²) in [6.45, 7) is 1.44. The molecule has 1 aromatic carbocycles. The van der Waals surface area contributed by atoms with Crippen molar-refractivity contribution >= 4 is 12.4 Å². The van der Waals surface area contributed by atoms with E-state index in [4.69, 9.17) is 9.84 Å². The molecule has 1 saturated heterocycles. The summed E-state index contributed by atoms with van der Waals surface area (Å²) >= 11 is 0. The Morgan fingerprint density at radius 2 is 2.10 bits per heavy atom. The Balaban J connectivity index is 0.000000956. The SMILES string of the molecule is CO.O=CC1CCCN(C(=O)OCc2ccccc2)C1. The number of likely N-dealkylation sites (tertiary alicyclic amines) is 1. The predicted octanol–water partition coefficient (Wildman–Crippen LogP) is 1.84. The first-order valence-electron chi connectivity index (χ1n) is 6.65. The molecule has 2 rings (SSSR count). The molecule has 0 saturated carbocycles. The van der Waals surface area contributed by atoms with Crippen LogP contribution in [0.15, 0.2) is 30.3 Å². The van der Waals surface area contributed by atoms with E-state index in [2.05, 4.69) is 0 Å². The molecule has 0 aromatic heterocycles. The molecule has 0 radical (unpaired) electrons. The van der Waals surface area contributed by atoms with E-state index in [0.717, 1.165) is 31.8 Å². The highest BCUT2D eigenvalue weighted by Gasteiger charge is 2.24. The summed E-state index contributed by atoms with van der Waals surface area (Å²) in [5, 5.41) is 7.00. The minimum absolute atomic E-state index is 0.0389. The Bertz CT molecular complexity index is 408. The van der Waals surface area contributed by atoms with Gasteiger partial charge in [0.15, 0.2) is 0 Å². The smallest absolute Gasteiger partial charge is 0.410 e. The summed E-state index contributed by atoms with van der Waals surface area (Å²) in [7, 11) is 1.00. The Kier molecular flexibility index (Phi) is 7.35. The van der Waals surface area contributed by atoms with E-state index < -0.39 is 0 Å². The number of carbonyl (C=O) groups excluding carboxylic acids is 2. The first kappa shape index (κ1) is 16.2. The Hall–Kier alpha value is -1.88. The van der Waals surface area contributed by atoms with Crippen LogP contribution >= 0.6 is 0 Å². The van der Waals surface area contributed by atoms with Gasteiger partial charge in [-0.3, -0.25) is 0 Å². The number of amides is 1. The molecule has 1 amide bonds. The molecule has 20 heavy (non-hydrogen) atoms. The zero-order valence-corrected chi connectivity index (χ0v) is 11.7. The number of aliphatic hydroxyl groups excluding tert-OH is 1. The first-order valence-corrected chi connectivity index (χ1v) is 6.65. The third-order valence-corrected chi connectivity index (χ3v) is 3.11. The lowest BCUT2D eigenvalue weighted by Crippen LogP contribution is -2.40. The lowest BCUT2D eigenvalue weighted by Gasteiger charge is -2.29. The summed E-state index contributed by atoms with van der Waals surface area (Å²) in [5.41, 5.74) is 0.967. The van der Waals surface area contributed by atoms with Gasteiger partial charge in [-0.1, -0.05) is 30.3 Å². The highest BCUT2D eigenvalue weighted by molar-refractivity contribution is 5.68. The number of benzene rings is 1. The topological polar surface area (TPSA) is 66.8 Å². The van der Waals surface area contributed by atoms with Crippen molar-refractivity contribution in [1.29, 1.82) is 0 Å². The van der Waals surface area contributed by atoms with Crippen molar-refractivity contribution in [2.45, 2.75) is 19.4 Å². The summed E-state index contributed by atoms with van der Waals surface area (Å²) in [5.74, 6) is -0.0389. The third kappa shape index (κ3) is 5.01. The fourth-order valence-corrected chi connectivity index (χ4v) is 2.10. The largest absolute Gasteiger partial charge is 0.445 e. The fourth-order valence-electron chi connectivity index (χ4n) is 2.10. The van der Waals surface area contributed by atoms with Gasteiger partial charge in [0.2, 0.25) is 0 Å². The zero-order chi connectivity index (χ0) is 14.8. The minimum Gasteiger partial charge on any atom is -0.445 e. The number of aliphatic hydroxyl groups is 1. The van der Waals surface area contributed by atoms with Crippen LogP contribution in [0.5, 0.6) is 0 Å². The average Bonchev–Trinajstić information content (AvgIpc) is 2.55. The molecule has 1 atom stereocenters. The van der Waals surface area contributed by atoms with Gasteiger partial charge in [-0.15, -0.1) is 0 Å². The highest BCUT2D eigenvalue weighted by Crippen LogP contribution is 2.15. The molecule has 0 aliphatic carbocycles. The van der Waals surface area contributed by atoms with Crippen LogP contribution in [-0.2, 0) is 16.1 Å². The predicted molar refractivity (Wildman–Crippen MR) is 75.1 cm³/mol. The van der Waals surface area contributed by atoms with Crippen LogP contribution in [0.1, 0.15) is 18.4 Å². The number of rotatable bonds is 3. The van der Waals surface area contributed by atoms with Crippen LogP contribution < -0.4 is 0 Å². The monoisotopic (exact) mass is 279 g/mol. The molecule has 1 heterocycles. The number of ether oxygens (including phenoxy) is 1. The molecule has 1 aliphatic rings. The molecule has 0 spiro atoms. The van der Waals surface area contributed by atoms with Gasteiger partial charge in [-0.25, -0.2) is 4.79 Å². The van der Waals surface area contributed by atoms with E-state index in [1.807, 2.05) is 30.3 Å². The highest BCUT2D eigenvalue weighted by atomic mass is 16.6. The second-order valence-corrected chi connectivity index (χ2v) is 4.52. The summed E-state index contributed by atoms with van der Waals surface area (Å²) in [6.07, 6.45) is 2.33. The number of nitrogens with zero attached hydrogens (tertiary/aromatic N) is 1. The van der Waals surface area contributed by atoms with Crippen LogP contribution in [0, 0.1) is 5.92 Å². The van der Waals surface area contributed by atoms with E-state index in [1.165, 1.54) is 0 Å². The number of piperidine rings is 1. The van der Waals surface area contributed by atoms with Crippen molar-refractivity contribution in [3.05, 3.63) is 35.9 Å². The van der Waals surface area contributed by atoms with Crippen molar-refractivity contribution in [2.24, 2.45) is 5.92 Å². The molecule has 1 unspecified atom stereocenters. The average molecular weight is 279 g/mol. The molecule has 1 aliphatic heterocycles. The Morgan fingerprint density at radius 3 is 2.75 bits per heavy atom. The minimum atomic E-state index is -0.328. The van der Waals surface area contributed by atoms with Gasteiger partial charge in [0.1, 0.15) is 12.9 Å². The maximum absolute atomic E-state index is 11.8. The third-order valence-electron chi connectivity index (χ3n) is 3.11. The van der Waals surface area contributed by atoms with Gasteiger partial charge in [0.25, 0.3) is 0 Å². The summed E-state index contributed by atoms with van der Waals surface area (Å²) in [4.78, 5) is 24.2. The van der Waals surface area contributed by atoms with Crippen molar-refractivity contribution in [1.82, 2.24) is 4.90 Å². The van der Waals surface area contributed by atoms with E-state index >= 15 is 0 Å². The van der Waals surface area contributed by atoms with E-state index in [0.29, 0.717) is 13.1 Å². The summed E-state index contributed by atoms with van der Waals surface area (Å²) < 4.78 is 5.23. The first-order chi connectivity index (χ1) is 9.79. The van der Waals surface area contributed by atoms with Crippen molar-refractivity contribution < 1.29 is 19.4 Å². The quantitative estimate of drug-likeness (QED) is 0.857. The lowest BCUT2D eigenvalue weighted by atomic mass is 10.0. The van der Waals surface area contributed by atoms with Gasteiger partial charge in [0.05, 0.1) is 0 Å². The number of aldehydes is 1. The van der Waals surface area contributed by atoms with Crippen molar-refractivity contribution in [3.8, 4) is 0 Å². The molecular formula is C15H21NO4. The number of carbonyl (C=O) groups is 2. The van der Waals surface area contributed by atoms with Crippen LogP contribution in [0.2, 0.25) is 0 Å². The van der Waals surface area contributed by atoms with Gasteiger partial charge in [0, 0.05) is 26.1 Å². The Labute approximate surface area is 119 Å². The van der Waals surface area contributed by atoms with Crippen LogP contribution in [0.3, 0.4) is 0 Å². The van der Waals surface area contributed by atoms with Crippen molar-refractivity contribution in [3.63, 3.8) is 0 Å². The normalized spacial score (nSPS) is 17.7. The van der Waals surface area contributed by atoms with Crippen molar-refractivity contribution in [2.75, 3.05) is 20.2 Å². The lowest BCUT2D eigenvalue weighted by molar-refractivity contribution is -0.112. The zero-order valence-electron chi connectivity index (χ0n) is 11.7. The second-order valence-electron chi connectivity index (χ2n) is 4.52. The molecule has 1 aromatic rings. The van der Waals surface area contributed by atoms with E-state index in [-0.39, 0.29) is 18.6 Å². The maximum atomic E-state index is 11.8. The van der Waals surface area contributed by atoms with Gasteiger partial charge >= 0.3 is 6.09 Å². The maximum Gasteiger partial charge on any atom is 0.410 e. The van der Waals surface area contributed by atoms with E-state index in [9.17, 15) is 9.59 Å². The van der Waals surface area contributed by atoms with Crippen LogP contribution in [-0.4, -0.2) is 42.6 Å². The van der Waals surface area contributed by atoms with Gasteiger partial charge in [-0.2, -0.15) is 0 Å². The molecule has 1 fully saturated rings. The number of hydrogen-bond donors (Lipinski definition) is 1. The molecule has 0 bridgehead atoms. The van der Waals surface area contributed by atoms with E-state index in [1.54, 1.807) is 4.90 Å². The van der Waals surface area contributed by atoms with Gasteiger partial charge < -0.3 is 19.5 Å².